The summed E-state index contributed by atoms with van der Waals surface area (Å²) >= 11 is 1.61. The fraction of sp³-hybridized carbons (Fsp3) is 0.500. The largest absolute Gasteiger partial charge is 0.481 e. The minimum Gasteiger partial charge on any atom is -0.481 e. The highest BCUT2D eigenvalue weighted by Gasteiger charge is 2.25. The van der Waals surface area contributed by atoms with Crippen LogP contribution >= 0.6 is 11.3 Å². The van der Waals surface area contributed by atoms with Gasteiger partial charge in [-0.05, 0) is 99.6 Å². The predicted molar refractivity (Wildman–Crippen MR) is 156 cm³/mol. The highest BCUT2D eigenvalue weighted by Crippen LogP contribution is 2.37. The van der Waals surface area contributed by atoms with Crippen LogP contribution in [-0.2, 0) is 16.1 Å². The van der Waals surface area contributed by atoms with E-state index in [-0.39, 0.29) is 24.5 Å². The molecule has 0 spiro atoms. The van der Waals surface area contributed by atoms with Gasteiger partial charge in [0.2, 0.25) is 5.75 Å². The molecular formula is C30H35N5O5S. The first kappa shape index (κ1) is 29.1. The van der Waals surface area contributed by atoms with Gasteiger partial charge in [0.1, 0.15) is 24.1 Å². The monoisotopic (exact) mass is 577 g/mol. The molecule has 0 saturated carbocycles. The average Bonchev–Trinajstić information content (AvgIpc) is 3.46. The van der Waals surface area contributed by atoms with E-state index >= 15 is 0 Å². The Balaban J connectivity index is 1.27. The summed E-state index contributed by atoms with van der Waals surface area (Å²) in [6, 6.07) is 5.27. The first-order valence-corrected chi connectivity index (χ1v) is 14.8. The molecule has 2 aliphatic heterocycles. The third-order valence-electron chi connectivity index (χ3n) is 7.16. The minimum absolute atomic E-state index is 0.0997. The molecule has 0 radical (unpaired) electrons. The summed E-state index contributed by atoms with van der Waals surface area (Å²) in [7, 11) is 2.14. The summed E-state index contributed by atoms with van der Waals surface area (Å²) in [5, 5.41) is 12.8. The summed E-state index contributed by atoms with van der Waals surface area (Å²) in [5.41, 5.74) is 1.38. The van der Waals surface area contributed by atoms with Crippen LogP contribution in [0.5, 0.6) is 5.75 Å². The van der Waals surface area contributed by atoms with Gasteiger partial charge in [-0.3, -0.25) is 0 Å². The van der Waals surface area contributed by atoms with Crippen molar-refractivity contribution >= 4 is 17.2 Å². The number of piperidine rings is 1. The van der Waals surface area contributed by atoms with E-state index in [0.29, 0.717) is 18.2 Å². The van der Waals surface area contributed by atoms with E-state index in [2.05, 4.69) is 38.7 Å². The fourth-order valence-electron chi connectivity index (χ4n) is 4.85. The van der Waals surface area contributed by atoms with Gasteiger partial charge < -0.3 is 29.2 Å². The van der Waals surface area contributed by atoms with E-state index in [4.69, 9.17) is 14.2 Å². The van der Waals surface area contributed by atoms with E-state index in [0.717, 1.165) is 66.2 Å². The number of hydrogen-bond donors (Lipinski definition) is 0. The molecule has 3 aromatic rings. The third kappa shape index (κ3) is 7.86. The van der Waals surface area contributed by atoms with E-state index in [1.807, 2.05) is 20.0 Å². The highest BCUT2D eigenvalue weighted by molar-refractivity contribution is 7.15. The van der Waals surface area contributed by atoms with Gasteiger partial charge in [-0.15, -0.1) is 11.3 Å². The number of pyridine rings is 2. The average molecular weight is 578 g/mol. The zero-order valence-corrected chi connectivity index (χ0v) is 24.5. The van der Waals surface area contributed by atoms with Gasteiger partial charge in [-0.25, -0.2) is 9.97 Å². The molecule has 11 heteroatoms. The lowest BCUT2D eigenvalue weighted by molar-refractivity contribution is -0.390. The molecule has 1 atom stereocenters. The predicted octanol–water partition coefficient (Wildman–Crippen LogP) is 5.57. The summed E-state index contributed by atoms with van der Waals surface area (Å²) in [6.07, 6.45) is 9.89. The SMILES string of the molecule is CN1CCC(c2ncc(-c3cnc([N+](=O)[O-])c(OCc4ccnc(C#CC(C)(C)OC5CCCCO5)c4)c3)s2)CC1. The van der Waals surface area contributed by atoms with Crippen LogP contribution in [0.1, 0.15) is 68.1 Å². The maximum Gasteiger partial charge on any atom is 0.406 e. The van der Waals surface area contributed by atoms with Gasteiger partial charge in [0.15, 0.2) is 6.29 Å². The maximum atomic E-state index is 11.7. The molecule has 1 unspecified atom stereocenters. The molecule has 10 nitrogen and oxygen atoms in total. The maximum absolute atomic E-state index is 11.7. The molecule has 5 heterocycles. The van der Waals surface area contributed by atoms with Crippen molar-refractivity contribution in [2.45, 2.75) is 70.4 Å². The topological polar surface area (TPSA) is 113 Å². The van der Waals surface area contributed by atoms with Crippen LogP contribution in [0.3, 0.4) is 0 Å². The smallest absolute Gasteiger partial charge is 0.406 e. The lowest BCUT2D eigenvalue weighted by Gasteiger charge is -2.29. The second kappa shape index (κ2) is 13.0. The summed E-state index contributed by atoms with van der Waals surface area (Å²) in [6.45, 7) is 6.73. The van der Waals surface area contributed by atoms with Crippen molar-refractivity contribution in [3.8, 4) is 28.0 Å². The normalized spacial score (nSPS) is 18.5. The van der Waals surface area contributed by atoms with Crippen molar-refractivity contribution < 1.29 is 19.1 Å². The molecule has 2 saturated heterocycles. The summed E-state index contributed by atoms with van der Waals surface area (Å²) < 4.78 is 17.6. The molecule has 0 amide bonds. The molecular weight excluding hydrogens is 542 g/mol. The Morgan fingerprint density at radius 1 is 1.17 bits per heavy atom. The zero-order valence-electron chi connectivity index (χ0n) is 23.7. The number of aromatic nitrogens is 3. The van der Waals surface area contributed by atoms with Crippen molar-refractivity contribution in [2.24, 2.45) is 0 Å². The number of nitro groups is 1. The van der Waals surface area contributed by atoms with Gasteiger partial charge in [0, 0.05) is 36.5 Å². The van der Waals surface area contributed by atoms with Crippen LogP contribution in [0.2, 0.25) is 0 Å². The fourth-order valence-corrected chi connectivity index (χ4v) is 5.92. The first-order valence-electron chi connectivity index (χ1n) is 14.0. The minimum atomic E-state index is -0.702. The van der Waals surface area contributed by atoms with Crippen LogP contribution in [0.25, 0.3) is 10.4 Å². The Labute approximate surface area is 244 Å². The lowest BCUT2D eigenvalue weighted by Crippen LogP contribution is -2.33. The Morgan fingerprint density at radius 3 is 2.76 bits per heavy atom. The molecule has 0 N–H and O–H groups in total. The molecule has 0 bridgehead atoms. The summed E-state index contributed by atoms with van der Waals surface area (Å²) in [4.78, 5) is 27.5. The second-order valence-electron chi connectivity index (χ2n) is 11.0. The Morgan fingerprint density at radius 2 is 2.00 bits per heavy atom. The summed E-state index contributed by atoms with van der Waals surface area (Å²) in [5.74, 6) is 6.43. The molecule has 41 heavy (non-hydrogen) atoms. The van der Waals surface area contributed by atoms with Gasteiger partial charge in [0.05, 0.1) is 9.88 Å². The van der Waals surface area contributed by atoms with Gasteiger partial charge in [-0.1, -0.05) is 5.92 Å². The molecule has 0 aliphatic carbocycles. The molecule has 5 rings (SSSR count). The van der Waals surface area contributed by atoms with Crippen molar-refractivity contribution in [1.29, 1.82) is 0 Å². The molecule has 2 aliphatic rings. The number of hydrogen-bond acceptors (Lipinski definition) is 10. The Kier molecular flexibility index (Phi) is 9.25. The van der Waals surface area contributed by atoms with Crippen molar-refractivity contribution in [1.82, 2.24) is 19.9 Å². The Hall–Kier alpha value is -3.43. The van der Waals surface area contributed by atoms with Crippen LogP contribution in [0, 0.1) is 22.0 Å². The zero-order chi connectivity index (χ0) is 28.8. The molecule has 216 valence electrons. The number of thiazole rings is 1. The molecule has 2 fully saturated rings. The van der Waals surface area contributed by atoms with E-state index in [1.54, 1.807) is 35.7 Å². The Bertz CT molecular complexity index is 1420. The third-order valence-corrected chi connectivity index (χ3v) is 8.36. The van der Waals surface area contributed by atoms with Crippen LogP contribution in [-0.4, -0.2) is 63.4 Å². The number of ether oxygens (including phenoxy) is 3. The number of rotatable bonds is 8. The molecule has 3 aromatic heterocycles. The number of nitrogens with zero attached hydrogens (tertiary/aromatic N) is 5. The first-order chi connectivity index (χ1) is 19.8. The lowest BCUT2D eigenvalue weighted by atomic mass is 9.98. The van der Waals surface area contributed by atoms with Gasteiger partial charge in [-0.2, -0.15) is 0 Å². The quantitative estimate of drug-likeness (QED) is 0.193. The van der Waals surface area contributed by atoms with Crippen molar-refractivity contribution in [2.75, 3.05) is 26.7 Å². The van der Waals surface area contributed by atoms with E-state index < -0.39 is 10.5 Å². The van der Waals surface area contributed by atoms with Crippen LogP contribution in [0.4, 0.5) is 5.82 Å². The van der Waals surface area contributed by atoms with Crippen LogP contribution in [0.15, 0.2) is 36.8 Å². The van der Waals surface area contributed by atoms with Gasteiger partial charge >= 0.3 is 5.82 Å². The highest BCUT2D eigenvalue weighted by atomic mass is 32.1. The van der Waals surface area contributed by atoms with Gasteiger partial charge in [0.25, 0.3) is 0 Å². The number of likely N-dealkylation sites (tertiary alicyclic amines) is 1. The molecule has 0 aromatic carbocycles. The van der Waals surface area contributed by atoms with Crippen LogP contribution < -0.4 is 4.74 Å². The van der Waals surface area contributed by atoms with E-state index in [9.17, 15) is 10.1 Å². The van der Waals surface area contributed by atoms with Crippen molar-refractivity contribution in [3.05, 3.63) is 63.2 Å². The van der Waals surface area contributed by atoms with E-state index in [1.165, 1.54) is 6.20 Å². The second-order valence-corrected chi connectivity index (χ2v) is 12.0. The van der Waals surface area contributed by atoms with Crippen molar-refractivity contribution in [3.63, 3.8) is 0 Å². The standard InChI is InChI=1S/C30H35N5O5S/c1-30(2,40-27-6-4-5-15-38-27)11-7-24-16-21(8-12-31-24)20-39-25-17-23(18-32-28(25)35(36)37)26-19-33-29(41-26)22-9-13-34(3)14-10-22/h8,12,16-19,22,27H,4-6,9-10,13-15,20H2,1-3H3.